The van der Waals surface area contributed by atoms with Crippen LogP contribution in [-0.2, 0) is 13.5 Å². The fourth-order valence-corrected chi connectivity index (χ4v) is 2.67. The smallest absolute Gasteiger partial charge is 0.139 e. The van der Waals surface area contributed by atoms with Gasteiger partial charge >= 0.3 is 0 Å². The van der Waals surface area contributed by atoms with Crippen LogP contribution in [0.25, 0.3) is 11.0 Å². The second kappa shape index (κ2) is 3.82. The highest BCUT2D eigenvalue weighted by atomic mass is 16.3. The van der Waals surface area contributed by atoms with Crippen LogP contribution < -0.4 is 5.32 Å². The Bertz CT molecular complexity index is 541. The summed E-state index contributed by atoms with van der Waals surface area (Å²) in [5.74, 6) is 0. The van der Waals surface area contributed by atoms with Crippen molar-refractivity contribution < 1.29 is 5.11 Å². The van der Waals surface area contributed by atoms with Crippen LogP contribution >= 0.6 is 0 Å². The molecule has 0 aliphatic carbocycles. The van der Waals surface area contributed by atoms with E-state index in [1.165, 1.54) is 5.56 Å². The molecular weight excluding hydrogens is 214 g/mol. The van der Waals surface area contributed by atoms with Crippen molar-refractivity contribution in [2.24, 2.45) is 7.05 Å². The van der Waals surface area contributed by atoms with Crippen molar-refractivity contribution in [3.63, 3.8) is 0 Å². The van der Waals surface area contributed by atoms with Crippen molar-refractivity contribution >= 4 is 11.0 Å². The Hall–Kier alpha value is -1.39. The van der Waals surface area contributed by atoms with Gasteiger partial charge in [-0.05, 0) is 30.7 Å². The largest absolute Gasteiger partial charge is 0.388 e. The van der Waals surface area contributed by atoms with Gasteiger partial charge in [-0.1, -0.05) is 0 Å². The van der Waals surface area contributed by atoms with E-state index in [-0.39, 0.29) is 0 Å². The van der Waals surface area contributed by atoms with Gasteiger partial charge in [0, 0.05) is 37.8 Å². The number of hydrogen-bond acceptors (Lipinski definition) is 3. The fourth-order valence-electron chi connectivity index (χ4n) is 2.67. The maximum atomic E-state index is 10.4. The minimum absolute atomic E-state index is 0.593. The molecule has 3 heterocycles. The van der Waals surface area contributed by atoms with Crippen molar-refractivity contribution in [1.82, 2.24) is 14.9 Å². The average Bonchev–Trinajstić information content (AvgIpc) is 2.86. The average molecular weight is 231 g/mol. The number of aromatic nitrogens is 2. The molecule has 0 aromatic carbocycles. The number of aryl methyl sites for hydroxylation is 1. The van der Waals surface area contributed by atoms with Crippen LogP contribution in [0, 0.1) is 0 Å². The van der Waals surface area contributed by atoms with Gasteiger partial charge in [-0.2, -0.15) is 0 Å². The van der Waals surface area contributed by atoms with Crippen molar-refractivity contribution in [2.75, 3.05) is 13.1 Å². The van der Waals surface area contributed by atoms with E-state index in [0.717, 1.165) is 24.0 Å². The third kappa shape index (κ3) is 1.83. The number of fused-ring (bicyclic) bond motifs is 1. The molecule has 0 spiro atoms. The van der Waals surface area contributed by atoms with E-state index in [2.05, 4.69) is 22.6 Å². The summed E-state index contributed by atoms with van der Waals surface area (Å²) in [4.78, 5) is 4.36. The SMILES string of the molecule is Cn1cc(CC2(O)CCNC2)c2cccnc21. The molecular formula is C13H17N3O. The van der Waals surface area contributed by atoms with Crippen LogP contribution in [0.4, 0.5) is 0 Å². The highest BCUT2D eigenvalue weighted by Crippen LogP contribution is 2.26. The summed E-state index contributed by atoms with van der Waals surface area (Å²) in [6.07, 6.45) is 5.40. The molecule has 2 aromatic heterocycles. The highest BCUT2D eigenvalue weighted by Gasteiger charge is 2.32. The summed E-state index contributed by atoms with van der Waals surface area (Å²) in [6.45, 7) is 1.59. The van der Waals surface area contributed by atoms with E-state index in [1.807, 2.05) is 17.7 Å². The summed E-state index contributed by atoms with van der Waals surface area (Å²) >= 11 is 0. The van der Waals surface area contributed by atoms with Crippen molar-refractivity contribution in [1.29, 1.82) is 0 Å². The summed E-state index contributed by atoms with van der Waals surface area (Å²) < 4.78 is 2.02. The highest BCUT2D eigenvalue weighted by molar-refractivity contribution is 5.80. The fraction of sp³-hybridized carbons (Fsp3) is 0.462. The lowest BCUT2D eigenvalue weighted by atomic mass is 9.94. The van der Waals surface area contributed by atoms with Gasteiger partial charge in [0.15, 0.2) is 0 Å². The number of β-amino-alcohol motifs (C(OH)–C–C–N with tert-alkyl or cyclic N) is 1. The predicted octanol–water partition coefficient (Wildman–Crippen LogP) is 0.840. The van der Waals surface area contributed by atoms with E-state index in [1.54, 1.807) is 6.20 Å². The Kier molecular flexibility index (Phi) is 2.42. The van der Waals surface area contributed by atoms with Gasteiger partial charge in [0.2, 0.25) is 0 Å². The summed E-state index contributed by atoms with van der Waals surface area (Å²) in [5.41, 5.74) is 1.57. The first kappa shape index (κ1) is 10.7. The molecule has 1 saturated heterocycles. The number of hydrogen-bond donors (Lipinski definition) is 2. The summed E-state index contributed by atoms with van der Waals surface area (Å²) in [6, 6.07) is 4.02. The normalized spacial score (nSPS) is 24.6. The molecule has 1 aliphatic heterocycles. The van der Waals surface area contributed by atoms with Gasteiger partial charge in [0.1, 0.15) is 5.65 Å². The maximum Gasteiger partial charge on any atom is 0.139 e. The molecule has 1 unspecified atom stereocenters. The molecule has 1 aliphatic rings. The molecule has 2 N–H and O–H groups in total. The van der Waals surface area contributed by atoms with Gasteiger partial charge in [0.25, 0.3) is 0 Å². The third-order valence-electron chi connectivity index (χ3n) is 3.56. The quantitative estimate of drug-likeness (QED) is 0.805. The Morgan fingerprint density at radius 2 is 2.47 bits per heavy atom. The van der Waals surface area contributed by atoms with E-state index in [9.17, 15) is 5.11 Å². The van der Waals surface area contributed by atoms with Crippen molar-refractivity contribution in [3.8, 4) is 0 Å². The molecule has 4 heteroatoms. The maximum absolute atomic E-state index is 10.4. The Labute approximate surface area is 100 Å². The zero-order valence-corrected chi connectivity index (χ0v) is 9.98. The Morgan fingerprint density at radius 1 is 1.59 bits per heavy atom. The van der Waals surface area contributed by atoms with Crippen molar-refractivity contribution in [2.45, 2.75) is 18.4 Å². The number of pyridine rings is 1. The van der Waals surface area contributed by atoms with Gasteiger partial charge in [-0.25, -0.2) is 4.98 Å². The van der Waals surface area contributed by atoms with E-state index < -0.39 is 5.60 Å². The van der Waals surface area contributed by atoms with Crippen LogP contribution in [0.1, 0.15) is 12.0 Å². The standard InChI is InChI=1S/C13H17N3O/c1-16-8-10(7-13(17)4-6-14-9-13)11-3-2-5-15-12(11)16/h2-3,5,8,14,17H,4,6-7,9H2,1H3. The van der Waals surface area contributed by atoms with E-state index in [0.29, 0.717) is 13.0 Å². The van der Waals surface area contributed by atoms with Gasteiger partial charge in [-0.3, -0.25) is 0 Å². The first-order valence-electron chi connectivity index (χ1n) is 6.00. The third-order valence-corrected chi connectivity index (χ3v) is 3.56. The molecule has 1 fully saturated rings. The van der Waals surface area contributed by atoms with Gasteiger partial charge in [0.05, 0.1) is 5.60 Å². The first-order chi connectivity index (χ1) is 8.18. The lowest BCUT2D eigenvalue weighted by Crippen LogP contribution is -2.33. The zero-order valence-electron chi connectivity index (χ0n) is 9.98. The molecule has 3 rings (SSSR count). The molecule has 1 atom stereocenters. The summed E-state index contributed by atoms with van der Waals surface area (Å²) in [7, 11) is 2.00. The monoisotopic (exact) mass is 231 g/mol. The summed E-state index contributed by atoms with van der Waals surface area (Å²) in [5, 5.41) is 14.8. The van der Waals surface area contributed by atoms with Crippen LogP contribution in [0.5, 0.6) is 0 Å². The Morgan fingerprint density at radius 3 is 3.24 bits per heavy atom. The van der Waals surface area contributed by atoms with Crippen LogP contribution in [0.3, 0.4) is 0 Å². The Balaban J connectivity index is 2.00. The first-order valence-corrected chi connectivity index (χ1v) is 6.00. The van der Waals surface area contributed by atoms with Crippen LogP contribution in [0.2, 0.25) is 0 Å². The van der Waals surface area contributed by atoms with Gasteiger partial charge in [-0.15, -0.1) is 0 Å². The molecule has 90 valence electrons. The molecule has 0 bridgehead atoms. The van der Waals surface area contributed by atoms with Crippen molar-refractivity contribution in [3.05, 3.63) is 30.1 Å². The number of nitrogens with zero attached hydrogens (tertiary/aromatic N) is 2. The lowest BCUT2D eigenvalue weighted by molar-refractivity contribution is 0.0622. The lowest BCUT2D eigenvalue weighted by Gasteiger charge is -2.20. The molecule has 4 nitrogen and oxygen atoms in total. The second-order valence-corrected chi connectivity index (χ2v) is 4.97. The number of nitrogens with one attached hydrogen (secondary N) is 1. The van der Waals surface area contributed by atoms with E-state index in [4.69, 9.17) is 0 Å². The molecule has 0 radical (unpaired) electrons. The predicted molar refractivity (Wildman–Crippen MR) is 66.9 cm³/mol. The molecule has 17 heavy (non-hydrogen) atoms. The minimum Gasteiger partial charge on any atom is -0.388 e. The number of rotatable bonds is 2. The van der Waals surface area contributed by atoms with Crippen LogP contribution in [0.15, 0.2) is 24.5 Å². The molecule has 2 aromatic rings. The molecule has 0 amide bonds. The van der Waals surface area contributed by atoms with Gasteiger partial charge < -0.3 is 15.0 Å². The number of aliphatic hydroxyl groups is 1. The zero-order chi connectivity index (χ0) is 11.9. The second-order valence-electron chi connectivity index (χ2n) is 4.97. The van der Waals surface area contributed by atoms with Crippen LogP contribution in [-0.4, -0.2) is 33.3 Å². The molecule has 0 saturated carbocycles. The van der Waals surface area contributed by atoms with E-state index >= 15 is 0 Å². The topological polar surface area (TPSA) is 50.1 Å². The minimum atomic E-state index is -0.593.